The fraction of sp³-hybridized carbons (Fsp3) is 0.467. The summed E-state index contributed by atoms with van der Waals surface area (Å²) in [5, 5.41) is 14.6. The van der Waals surface area contributed by atoms with E-state index in [1.165, 1.54) is 20.2 Å². The number of allylic oxidation sites excluding steroid dienone is 8. The molecule has 3 rings (SSSR count). The van der Waals surface area contributed by atoms with Crippen molar-refractivity contribution in [2.24, 2.45) is 0 Å². The number of thioether (sulfide) groups is 1. The molecule has 2 aromatic rings. The highest BCUT2D eigenvalue weighted by molar-refractivity contribution is 8.02. The minimum atomic E-state index is -0.639. The second-order valence-corrected chi connectivity index (χ2v) is 10.2. The van der Waals surface area contributed by atoms with Gasteiger partial charge in [0.1, 0.15) is 0 Å². The SMILES string of the molecule is C/C=C\C=C(/CCC)n1nc(C(C)(C)C#N)cc1-c1ccc(C2=CCCC(SC)=C2)s1.CC.CC. The molecule has 0 aromatic carbocycles. The Morgan fingerprint density at radius 2 is 1.91 bits per heavy atom. The average Bonchev–Trinajstić information content (AvgIpc) is 3.57. The lowest BCUT2D eigenvalue weighted by atomic mass is 9.91. The molecule has 2 heterocycles. The van der Waals surface area contributed by atoms with Crippen molar-refractivity contribution in [2.45, 2.75) is 86.5 Å². The van der Waals surface area contributed by atoms with E-state index in [9.17, 15) is 5.26 Å². The normalized spacial score (nSPS) is 13.8. The van der Waals surface area contributed by atoms with Crippen LogP contribution in [0.15, 0.2) is 53.5 Å². The Morgan fingerprint density at radius 1 is 1.23 bits per heavy atom. The first-order chi connectivity index (χ1) is 16.9. The van der Waals surface area contributed by atoms with E-state index in [2.05, 4.69) is 61.8 Å². The van der Waals surface area contributed by atoms with E-state index >= 15 is 0 Å². The maximum atomic E-state index is 9.69. The second-order valence-electron chi connectivity index (χ2n) is 8.17. The molecule has 0 bridgehead atoms. The van der Waals surface area contributed by atoms with Gasteiger partial charge < -0.3 is 0 Å². The van der Waals surface area contributed by atoms with Gasteiger partial charge in [0, 0.05) is 10.6 Å². The van der Waals surface area contributed by atoms with Crippen LogP contribution in [0.25, 0.3) is 21.8 Å². The molecule has 0 amide bonds. The van der Waals surface area contributed by atoms with Crippen LogP contribution in [0.1, 0.15) is 91.6 Å². The lowest BCUT2D eigenvalue weighted by molar-refractivity contribution is 0.642. The number of nitriles is 1. The van der Waals surface area contributed by atoms with Crippen molar-refractivity contribution in [1.29, 1.82) is 5.26 Å². The van der Waals surface area contributed by atoms with Crippen molar-refractivity contribution in [1.82, 2.24) is 9.78 Å². The van der Waals surface area contributed by atoms with Gasteiger partial charge in [-0.05, 0) is 87.1 Å². The van der Waals surface area contributed by atoms with Crippen LogP contribution < -0.4 is 0 Å². The zero-order valence-electron chi connectivity index (χ0n) is 23.1. The number of hydrogen-bond acceptors (Lipinski definition) is 4. The summed E-state index contributed by atoms with van der Waals surface area (Å²) in [6, 6.07) is 8.91. The molecule has 5 heteroatoms. The summed E-state index contributed by atoms with van der Waals surface area (Å²) in [6.07, 6.45) is 17.2. The highest BCUT2D eigenvalue weighted by atomic mass is 32.2. The molecule has 190 valence electrons. The van der Waals surface area contributed by atoms with E-state index in [-0.39, 0.29) is 0 Å². The molecule has 1 aliphatic carbocycles. The van der Waals surface area contributed by atoms with Crippen LogP contribution >= 0.6 is 23.1 Å². The Balaban J connectivity index is 0.00000145. The number of hydrogen-bond donors (Lipinski definition) is 0. The molecule has 0 spiro atoms. The van der Waals surface area contributed by atoms with Gasteiger partial charge in [0.2, 0.25) is 0 Å². The molecule has 35 heavy (non-hydrogen) atoms. The molecule has 0 unspecified atom stereocenters. The van der Waals surface area contributed by atoms with Crippen LogP contribution in [-0.4, -0.2) is 16.0 Å². The zero-order chi connectivity index (χ0) is 26.4. The molecule has 3 nitrogen and oxygen atoms in total. The lowest BCUT2D eigenvalue weighted by Gasteiger charge is -2.12. The van der Waals surface area contributed by atoms with Crippen LogP contribution in [0.3, 0.4) is 0 Å². The topological polar surface area (TPSA) is 41.6 Å². The van der Waals surface area contributed by atoms with Gasteiger partial charge >= 0.3 is 0 Å². The van der Waals surface area contributed by atoms with Crippen molar-refractivity contribution in [3.8, 4) is 16.6 Å². The van der Waals surface area contributed by atoms with Crippen LogP contribution in [0, 0.1) is 11.3 Å². The van der Waals surface area contributed by atoms with Gasteiger partial charge in [-0.25, -0.2) is 4.68 Å². The maximum absolute atomic E-state index is 9.69. The number of nitrogens with zero attached hydrogens (tertiary/aromatic N) is 3. The van der Waals surface area contributed by atoms with Gasteiger partial charge in [-0.3, -0.25) is 0 Å². The summed E-state index contributed by atoms with van der Waals surface area (Å²) in [6.45, 7) is 16.1. The van der Waals surface area contributed by atoms with Crippen molar-refractivity contribution in [2.75, 3.05) is 6.26 Å². The molecule has 0 saturated heterocycles. The molecular weight excluding hydrogens is 466 g/mol. The monoisotopic (exact) mass is 509 g/mol. The maximum Gasteiger partial charge on any atom is 0.0956 e. The van der Waals surface area contributed by atoms with E-state index in [4.69, 9.17) is 5.10 Å². The molecular formula is C30H43N3S2. The fourth-order valence-electron chi connectivity index (χ4n) is 3.50. The molecule has 0 atom stereocenters. The van der Waals surface area contributed by atoms with Crippen molar-refractivity contribution in [3.63, 3.8) is 0 Å². The third-order valence-corrected chi connectivity index (χ3v) is 7.37. The summed E-state index contributed by atoms with van der Waals surface area (Å²) in [5.74, 6) is 0. The molecule has 2 aromatic heterocycles. The van der Waals surface area contributed by atoms with E-state index in [1.807, 2.05) is 71.0 Å². The molecule has 0 aliphatic heterocycles. The average molecular weight is 510 g/mol. The second kappa shape index (κ2) is 15.7. The van der Waals surface area contributed by atoms with Crippen LogP contribution in [0.5, 0.6) is 0 Å². The molecule has 0 saturated carbocycles. The van der Waals surface area contributed by atoms with Crippen LogP contribution in [-0.2, 0) is 5.41 Å². The molecule has 0 N–H and O–H groups in total. The predicted molar refractivity (Wildman–Crippen MR) is 160 cm³/mol. The molecule has 0 radical (unpaired) electrons. The first kappa shape index (κ1) is 30.7. The molecule has 1 aliphatic rings. The standard InChI is InChI=1S/C26H31N3S2.2C2H6/c1-6-8-12-20(10-7-2)29-22(17-25(28-29)26(3,4)18-27)24-15-14-23(31-24)19-11-9-13-21(16-19)30-5;2*1-2/h6,8,11-12,14-17H,7,9-10,13H2,1-5H3;2*1-2H3/b8-6-,20-12+;;. The Labute approximate surface area is 222 Å². The number of rotatable bonds is 8. The Morgan fingerprint density at radius 3 is 2.51 bits per heavy atom. The van der Waals surface area contributed by atoms with Gasteiger partial charge in [-0.2, -0.15) is 10.4 Å². The minimum Gasteiger partial charge on any atom is -0.236 e. The summed E-state index contributed by atoms with van der Waals surface area (Å²) >= 11 is 3.64. The summed E-state index contributed by atoms with van der Waals surface area (Å²) in [4.78, 5) is 3.90. The van der Waals surface area contributed by atoms with Crippen LogP contribution in [0.4, 0.5) is 0 Å². The number of thiophene rings is 1. The predicted octanol–water partition coefficient (Wildman–Crippen LogP) is 10.1. The third-order valence-electron chi connectivity index (χ3n) is 5.37. The van der Waals surface area contributed by atoms with E-state index < -0.39 is 5.41 Å². The Bertz CT molecular complexity index is 1090. The highest BCUT2D eigenvalue weighted by Crippen LogP contribution is 2.38. The minimum absolute atomic E-state index is 0.639. The van der Waals surface area contributed by atoms with Gasteiger partial charge in [0.25, 0.3) is 0 Å². The van der Waals surface area contributed by atoms with Crippen LogP contribution in [0.2, 0.25) is 0 Å². The van der Waals surface area contributed by atoms with Crippen molar-refractivity contribution >= 4 is 34.4 Å². The van der Waals surface area contributed by atoms with Crippen molar-refractivity contribution < 1.29 is 0 Å². The number of aromatic nitrogens is 2. The summed E-state index contributed by atoms with van der Waals surface area (Å²) in [7, 11) is 0. The molecule has 0 fully saturated rings. The summed E-state index contributed by atoms with van der Waals surface area (Å²) in [5.41, 5.74) is 3.69. The van der Waals surface area contributed by atoms with Gasteiger partial charge in [0.15, 0.2) is 0 Å². The van der Waals surface area contributed by atoms with Crippen molar-refractivity contribution in [3.05, 3.63) is 64.1 Å². The summed E-state index contributed by atoms with van der Waals surface area (Å²) < 4.78 is 2.05. The van der Waals surface area contributed by atoms with Gasteiger partial charge in [-0.1, -0.05) is 59.3 Å². The zero-order valence-corrected chi connectivity index (χ0v) is 24.7. The van der Waals surface area contributed by atoms with E-state index in [0.29, 0.717) is 0 Å². The largest absolute Gasteiger partial charge is 0.236 e. The third kappa shape index (κ3) is 8.12. The van der Waals surface area contributed by atoms with E-state index in [1.54, 1.807) is 11.3 Å². The first-order valence-corrected chi connectivity index (χ1v) is 14.9. The van der Waals surface area contributed by atoms with Gasteiger partial charge in [-0.15, -0.1) is 23.1 Å². The smallest absolute Gasteiger partial charge is 0.0956 e. The van der Waals surface area contributed by atoms with E-state index in [0.717, 1.165) is 42.8 Å². The fourth-order valence-corrected chi connectivity index (χ4v) is 5.09. The highest BCUT2D eigenvalue weighted by Gasteiger charge is 2.26. The Kier molecular flexibility index (Phi) is 13.7. The first-order valence-electron chi connectivity index (χ1n) is 12.8. The quantitative estimate of drug-likeness (QED) is 0.332. The lowest BCUT2D eigenvalue weighted by Crippen LogP contribution is -2.15. The van der Waals surface area contributed by atoms with Gasteiger partial charge in [0.05, 0.1) is 27.7 Å². The Hall–Kier alpha value is -2.29.